The molecule has 0 heterocycles. The quantitative estimate of drug-likeness (QED) is 0.422. The van der Waals surface area contributed by atoms with E-state index in [9.17, 15) is 0 Å². The van der Waals surface area contributed by atoms with Crippen molar-refractivity contribution in [3.05, 3.63) is 0 Å². The summed E-state index contributed by atoms with van der Waals surface area (Å²) in [5.41, 5.74) is 0.967. The Balaban J connectivity index is 1.75. The summed E-state index contributed by atoms with van der Waals surface area (Å²) in [6.45, 7) is 15.5. The highest BCUT2D eigenvalue weighted by Gasteiger charge is 2.54. The van der Waals surface area contributed by atoms with Crippen LogP contribution in [0, 0.1) is 58.2 Å². The van der Waals surface area contributed by atoms with Crippen LogP contribution in [0.5, 0.6) is 0 Å². The smallest absolute Gasteiger partial charge is 0.0316 e. The van der Waals surface area contributed by atoms with E-state index in [0.717, 1.165) is 47.3 Å². The summed E-state index contributed by atoms with van der Waals surface area (Å²) in [5, 5.41) is 0. The van der Waals surface area contributed by atoms with Gasteiger partial charge in [0.1, 0.15) is 0 Å². The van der Waals surface area contributed by atoms with Gasteiger partial charge in [-0.25, -0.2) is 0 Å². The molecule has 0 bridgehead atoms. The molecule has 0 radical (unpaired) electrons. The third kappa shape index (κ3) is 3.97. The van der Waals surface area contributed by atoms with E-state index in [1.165, 1.54) is 38.5 Å². The lowest BCUT2D eigenvalue weighted by atomic mass is 9.45. The van der Waals surface area contributed by atoms with E-state index < -0.39 is 0 Å². The second-order valence-corrected chi connectivity index (χ2v) is 13.7. The standard InChI is InChI=1S/C28H50/c1-27(2,3)23-17-15-19-11-7-9-13-21(19)25(23)26-22-14-10-8-12-20(22)16-18-24(26)28(4,5)6/h19-26H,7-18H2,1-6H3/t19?,20?,21?,22?,23-,24-,25?,26?/m0/s1. The zero-order valence-electron chi connectivity index (χ0n) is 20.1. The molecule has 162 valence electrons. The summed E-state index contributed by atoms with van der Waals surface area (Å²) in [6.07, 6.45) is 18.5. The second-order valence-electron chi connectivity index (χ2n) is 13.7. The Hall–Kier alpha value is 0. The van der Waals surface area contributed by atoms with Crippen molar-refractivity contribution in [2.75, 3.05) is 0 Å². The van der Waals surface area contributed by atoms with Gasteiger partial charge in [-0.3, -0.25) is 0 Å². The molecule has 4 rings (SSSR count). The lowest BCUT2D eigenvalue weighted by Crippen LogP contribution is -2.53. The maximum absolute atomic E-state index is 2.58. The average Bonchev–Trinajstić information content (AvgIpc) is 2.64. The van der Waals surface area contributed by atoms with Crippen LogP contribution in [0.15, 0.2) is 0 Å². The van der Waals surface area contributed by atoms with Gasteiger partial charge in [0, 0.05) is 0 Å². The van der Waals surface area contributed by atoms with Gasteiger partial charge in [0.2, 0.25) is 0 Å². The Morgan fingerprint density at radius 2 is 0.786 bits per heavy atom. The number of fused-ring (bicyclic) bond motifs is 2. The van der Waals surface area contributed by atoms with Gasteiger partial charge in [0.05, 0.1) is 0 Å². The van der Waals surface area contributed by atoms with Gasteiger partial charge < -0.3 is 0 Å². The zero-order chi connectivity index (χ0) is 20.1. The molecule has 0 aromatic heterocycles. The zero-order valence-corrected chi connectivity index (χ0v) is 20.1. The highest BCUT2D eigenvalue weighted by Crippen LogP contribution is 2.62. The highest BCUT2D eigenvalue weighted by molar-refractivity contribution is 5.03. The van der Waals surface area contributed by atoms with Gasteiger partial charge in [0.25, 0.3) is 0 Å². The third-order valence-electron chi connectivity index (χ3n) is 10.2. The first-order valence-electron chi connectivity index (χ1n) is 13.2. The summed E-state index contributed by atoms with van der Waals surface area (Å²) in [4.78, 5) is 0. The molecule has 8 atom stereocenters. The molecule has 0 aliphatic heterocycles. The van der Waals surface area contributed by atoms with Crippen molar-refractivity contribution in [1.29, 1.82) is 0 Å². The minimum absolute atomic E-state index is 0.483. The largest absolute Gasteiger partial charge is 0.0599 e. The SMILES string of the molecule is CC(C)(C)[C@H]1CCC2CCCCC2C1C1C2CCCCC2CC[C@@H]1C(C)(C)C. The summed E-state index contributed by atoms with van der Waals surface area (Å²) in [6, 6.07) is 0. The van der Waals surface area contributed by atoms with E-state index in [-0.39, 0.29) is 0 Å². The molecule has 4 fully saturated rings. The minimum atomic E-state index is 0.483. The van der Waals surface area contributed by atoms with Crippen LogP contribution in [0.1, 0.15) is 119 Å². The number of hydrogen-bond acceptors (Lipinski definition) is 0. The molecule has 4 saturated carbocycles. The second kappa shape index (κ2) is 7.92. The molecule has 4 aliphatic rings. The Kier molecular flexibility index (Phi) is 6.01. The van der Waals surface area contributed by atoms with E-state index in [1.807, 2.05) is 0 Å². The fourth-order valence-electron chi connectivity index (χ4n) is 9.10. The highest BCUT2D eigenvalue weighted by atomic mass is 14.6. The van der Waals surface area contributed by atoms with Gasteiger partial charge in [-0.1, -0.05) is 80.1 Å². The van der Waals surface area contributed by atoms with Crippen molar-refractivity contribution in [1.82, 2.24) is 0 Å². The monoisotopic (exact) mass is 386 g/mol. The Morgan fingerprint density at radius 3 is 1.14 bits per heavy atom. The summed E-state index contributed by atoms with van der Waals surface area (Å²) >= 11 is 0. The maximum Gasteiger partial charge on any atom is -0.0316 e. The van der Waals surface area contributed by atoms with Crippen molar-refractivity contribution in [3.63, 3.8) is 0 Å². The van der Waals surface area contributed by atoms with Crippen LogP contribution in [-0.4, -0.2) is 0 Å². The molecule has 0 amide bonds. The molecule has 0 heteroatoms. The molecular formula is C28H50. The predicted octanol–water partition coefficient (Wildman–Crippen LogP) is 8.74. The van der Waals surface area contributed by atoms with Crippen LogP contribution in [0.25, 0.3) is 0 Å². The van der Waals surface area contributed by atoms with Crippen LogP contribution in [0.3, 0.4) is 0 Å². The summed E-state index contributed by atoms with van der Waals surface area (Å²) < 4.78 is 0. The molecule has 4 aliphatic carbocycles. The first-order chi connectivity index (χ1) is 13.2. The lowest BCUT2D eigenvalue weighted by Gasteiger charge is -2.60. The first kappa shape index (κ1) is 21.2. The van der Waals surface area contributed by atoms with E-state index in [2.05, 4.69) is 41.5 Å². The number of rotatable bonds is 1. The van der Waals surface area contributed by atoms with Gasteiger partial charge in [-0.05, 0) is 96.7 Å². The first-order valence-corrected chi connectivity index (χ1v) is 13.2. The van der Waals surface area contributed by atoms with Crippen LogP contribution < -0.4 is 0 Å². The van der Waals surface area contributed by atoms with Crippen LogP contribution in [0.4, 0.5) is 0 Å². The van der Waals surface area contributed by atoms with E-state index in [1.54, 1.807) is 38.5 Å². The van der Waals surface area contributed by atoms with Crippen LogP contribution in [-0.2, 0) is 0 Å². The topological polar surface area (TPSA) is 0 Å². The third-order valence-corrected chi connectivity index (χ3v) is 10.2. The summed E-state index contributed by atoms with van der Waals surface area (Å²) in [7, 11) is 0. The molecule has 0 N–H and O–H groups in total. The van der Waals surface area contributed by atoms with E-state index >= 15 is 0 Å². The van der Waals surface area contributed by atoms with Gasteiger partial charge in [-0.15, -0.1) is 0 Å². The molecular weight excluding hydrogens is 336 g/mol. The van der Waals surface area contributed by atoms with Crippen molar-refractivity contribution in [3.8, 4) is 0 Å². The predicted molar refractivity (Wildman–Crippen MR) is 122 cm³/mol. The number of hydrogen-bond donors (Lipinski definition) is 0. The lowest BCUT2D eigenvalue weighted by molar-refractivity contribution is -0.114. The van der Waals surface area contributed by atoms with Gasteiger partial charge >= 0.3 is 0 Å². The van der Waals surface area contributed by atoms with Gasteiger partial charge in [0.15, 0.2) is 0 Å². The molecule has 0 aromatic rings. The molecule has 0 spiro atoms. The fourth-order valence-corrected chi connectivity index (χ4v) is 9.10. The Morgan fingerprint density at radius 1 is 0.429 bits per heavy atom. The molecule has 28 heavy (non-hydrogen) atoms. The van der Waals surface area contributed by atoms with E-state index in [0.29, 0.717) is 10.8 Å². The van der Waals surface area contributed by atoms with Crippen LogP contribution >= 0.6 is 0 Å². The average molecular weight is 387 g/mol. The maximum atomic E-state index is 2.58. The van der Waals surface area contributed by atoms with Gasteiger partial charge in [-0.2, -0.15) is 0 Å². The van der Waals surface area contributed by atoms with Crippen molar-refractivity contribution in [2.45, 2.75) is 119 Å². The normalized spacial score (nSPS) is 45.2. The van der Waals surface area contributed by atoms with Crippen molar-refractivity contribution < 1.29 is 0 Å². The van der Waals surface area contributed by atoms with Crippen molar-refractivity contribution in [2.24, 2.45) is 58.2 Å². The molecule has 0 aromatic carbocycles. The molecule has 0 saturated heterocycles. The summed E-state index contributed by atoms with van der Waals surface area (Å²) in [5.74, 6) is 8.22. The Labute approximate surface area is 177 Å². The minimum Gasteiger partial charge on any atom is -0.0599 e. The van der Waals surface area contributed by atoms with Crippen LogP contribution in [0.2, 0.25) is 0 Å². The molecule has 0 nitrogen and oxygen atoms in total. The van der Waals surface area contributed by atoms with E-state index in [4.69, 9.17) is 0 Å². The Bertz CT molecular complexity index is 469. The van der Waals surface area contributed by atoms with Crippen molar-refractivity contribution >= 4 is 0 Å². The molecule has 6 unspecified atom stereocenters. The fraction of sp³-hybridized carbons (Fsp3) is 1.00.